The third-order valence-electron chi connectivity index (χ3n) is 4.83. The lowest BCUT2D eigenvalue weighted by Gasteiger charge is -2.09. The van der Waals surface area contributed by atoms with Crippen molar-refractivity contribution < 1.29 is 27.8 Å². The molecule has 5 nitrogen and oxygen atoms in total. The van der Waals surface area contributed by atoms with Crippen LogP contribution in [-0.4, -0.2) is 36.5 Å². The van der Waals surface area contributed by atoms with Crippen molar-refractivity contribution in [2.75, 3.05) is 6.61 Å². The highest BCUT2D eigenvalue weighted by atomic mass is 32.2. The topological polar surface area (TPSA) is 91.7 Å². The average molecular weight is 364 g/mol. The zero-order valence-corrected chi connectivity index (χ0v) is 14.2. The summed E-state index contributed by atoms with van der Waals surface area (Å²) in [5.41, 5.74) is -0.586. The van der Waals surface area contributed by atoms with Crippen molar-refractivity contribution in [1.29, 1.82) is 0 Å². The van der Waals surface area contributed by atoms with Gasteiger partial charge in [-0.25, -0.2) is 12.8 Å². The fraction of sp³-hybridized carbons (Fsp3) is 0.278. The van der Waals surface area contributed by atoms with Gasteiger partial charge in [-0.05, 0) is 36.8 Å². The van der Waals surface area contributed by atoms with Crippen LogP contribution in [0.1, 0.15) is 17.0 Å². The second kappa shape index (κ2) is 5.93. The molecule has 2 aromatic carbocycles. The van der Waals surface area contributed by atoms with E-state index in [0.29, 0.717) is 5.56 Å². The molecule has 1 aliphatic carbocycles. The Morgan fingerprint density at radius 1 is 1.12 bits per heavy atom. The molecule has 7 heteroatoms. The number of sulfone groups is 1. The molecule has 1 fully saturated rings. The molecular weight excluding hydrogens is 347 g/mol. The fourth-order valence-electron chi connectivity index (χ4n) is 3.39. The van der Waals surface area contributed by atoms with Crippen LogP contribution in [0, 0.1) is 18.2 Å². The Labute approximate surface area is 144 Å². The van der Waals surface area contributed by atoms with Gasteiger partial charge in [0.05, 0.1) is 16.8 Å². The van der Waals surface area contributed by atoms with Crippen LogP contribution in [0.5, 0.6) is 0 Å². The van der Waals surface area contributed by atoms with Gasteiger partial charge < -0.3 is 10.2 Å². The third kappa shape index (κ3) is 2.63. The van der Waals surface area contributed by atoms with E-state index in [-0.39, 0.29) is 4.90 Å². The first-order valence-corrected chi connectivity index (χ1v) is 9.20. The highest BCUT2D eigenvalue weighted by Crippen LogP contribution is 2.64. The molecule has 0 heterocycles. The van der Waals surface area contributed by atoms with Crippen LogP contribution in [0.25, 0.3) is 0 Å². The van der Waals surface area contributed by atoms with E-state index in [0.717, 1.165) is 17.7 Å². The lowest BCUT2D eigenvalue weighted by atomic mass is 10.0. The van der Waals surface area contributed by atoms with Crippen molar-refractivity contribution in [3.05, 3.63) is 65.5 Å². The van der Waals surface area contributed by atoms with Crippen molar-refractivity contribution in [3.8, 4) is 0 Å². The molecule has 3 rings (SSSR count). The maximum absolute atomic E-state index is 13.2. The molecule has 2 N–H and O–H groups in total. The number of aryl methyl sites for hydroxylation is 1. The van der Waals surface area contributed by atoms with E-state index in [9.17, 15) is 27.8 Å². The Morgan fingerprint density at radius 3 is 2.16 bits per heavy atom. The third-order valence-corrected chi connectivity index (χ3v) is 7.12. The highest BCUT2D eigenvalue weighted by molar-refractivity contribution is 7.92. The van der Waals surface area contributed by atoms with Gasteiger partial charge in [-0.3, -0.25) is 4.79 Å². The van der Waals surface area contributed by atoms with Crippen LogP contribution >= 0.6 is 0 Å². The van der Waals surface area contributed by atoms with Gasteiger partial charge in [-0.15, -0.1) is 0 Å². The SMILES string of the molecule is Cc1ccc(S(=O)(=O)[C@@H]2[C@@H](c3ccc(F)cc3)[C@@]2(CO)C(=O)O)cc1. The summed E-state index contributed by atoms with van der Waals surface area (Å²) in [4.78, 5) is 11.8. The summed E-state index contributed by atoms with van der Waals surface area (Å²) < 4.78 is 39.1. The van der Waals surface area contributed by atoms with E-state index in [1.807, 2.05) is 6.92 Å². The van der Waals surface area contributed by atoms with Crippen LogP contribution in [-0.2, 0) is 14.6 Å². The van der Waals surface area contributed by atoms with Crippen LogP contribution in [0.4, 0.5) is 4.39 Å². The minimum absolute atomic E-state index is 0.00628. The summed E-state index contributed by atoms with van der Waals surface area (Å²) >= 11 is 0. The van der Waals surface area contributed by atoms with Crippen molar-refractivity contribution in [3.63, 3.8) is 0 Å². The van der Waals surface area contributed by atoms with Crippen molar-refractivity contribution in [2.24, 2.45) is 5.41 Å². The summed E-state index contributed by atoms with van der Waals surface area (Å²) in [5, 5.41) is 18.0. The van der Waals surface area contributed by atoms with Gasteiger partial charge in [0, 0.05) is 5.92 Å². The second-order valence-electron chi connectivity index (χ2n) is 6.31. The summed E-state index contributed by atoms with van der Waals surface area (Å²) in [7, 11) is -3.99. The first-order chi connectivity index (χ1) is 11.7. The summed E-state index contributed by atoms with van der Waals surface area (Å²) in [6, 6.07) is 11.1. The molecule has 0 radical (unpaired) electrons. The molecular formula is C18H17FO5S. The Bertz CT molecular complexity index is 905. The van der Waals surface area contributed by atoms with E-state index in [4.69, 9.17) is 0 Å². The first-order valence-electron chi connectivity index (χ1n) is 7.65. The molecule has 0 bridgehead atoms. The van der Waals surface area contributed by atoms with Gasteiger partial charge in [0.2, 0.25) is 0 Å². The smallest absolute Gasteiger partial charge is 0.314 e. The van der Waals surface area contributed by atoms with E-state index in [1.54, 1.807) is 12.1 Å². The number of carbonyl (C=O) groups is 1. The Balaban J connectivity index is 2.10. The molecule has 0 aliphatic heterocycles. The quantitative estimate of drug-likeness (QED) is 0.848. The Morgan fingerprint density at radius 2 is 1.68 bits per heavy atom. The normalized spacial score (nSPS) is 25.6. The van der Waals surface area contributed by atoms with Gasteiger partial charge in [0.1, 0.15) is 11.2 Å². The molecule has 0 amide bonds. The maximum Gasteiger partial charge on any atom is 0.314 e. The number of halogens is 1. The van der Waals surface area contributed by atoms with E-state index in [2.05, 4.69) is 0 Å². The summed E-state index contributed by atoms with van der Waals surface area (Å²) in [6.45, 7) is 0.990. The van der Waals surface area contributed by atoms with Gasteiger partial charge in [0.25, 0.3) is 0 Å². The Hall–Kier alpha value is -2.25. The Kier molecular flexibility index (Phi) is 4.17. The van der Waals surface area contributed by atoms with Crippen LogP contribution in [0.3, 0.4) is 0 Å². The van der Waals surface area contributed by atoms with E-state index in [1.165, 1.54) is 24.3 Å². The van der Waals surface area contributed by atoms with Gasteiger partial charge in [0.15, 0.2) is 9.84 Å². The predicted molar refractivity (Wildman–Crippen MR) is 88.4 cm³/mol. The van der Waals surface area contributed by atoms with Crippen molar-refractivity contribution in [2.45, 2.75) is 23.0 Å². The number of rotatable bonds is 5. The number of carboxylic acids is 1. The van der Waals surface area contributed by atoms with E-state index < -0.39 is 44.8 Å². The molecule has 0 aromatic heterocycles. The largest absolute Gasteiger partial charge is 0.481 e. The average Bonchev–Trinajstić information content (AvgIpc) is 3.27. The molecule has 25 heavy (non-hydrogen) atoms. The number of hydrogen-bond donors (Lipinski definition) is 2. The molecule has 0 spiro atoms. The molecule has 1 aliphatic rings. The fourth-order valence-corrected chi connectivity index (χ4v) is 5.75. The number of aliphatic hydroxyl groups is 1. The lowest BCUT2D eigenvalue weighted by Crippen LogP contribution is -2.27. The van der Waals surface area contributed by atoms with Gasteiger partial charge in [-0.1, -0.05) is 29.8 Å². The van der Waals surface area contributed by atoms with Crippen LogP contribution < -0.4 is 0 Å². The van der Waals surface area contributed by atoms with E-state index >= 15 is 0 Å². The number of aliphatic hydroxyl groups excluding tert-OH is 1. The minimum atomic E-state index is -3.99. The summed E-state index contributed by atoms with van der Waals surface area (Å²) in [6.07, 6.45) is 0. The zero-order chi connectivity index (χ0) is 18.4. The minimum Gasteiger partial charge on any atom is -0.481 e. The predicted octanol–water partition coefficient (Wildman–Crippen LogP) is 2.14. The first kappa shape index (κ1) is 17.6. The maximum atomic E-state index is 13.2. The second-order valence-corrected chi connectivity index (χ2v) is 8.38. The number of benzene rings is 2. The van der Waals surface area contributed by atoms with Crippen molar-refractivity contribution in [1.82, 2.24) is 0 Å². The highest BCUT2D eigenvalue weighted by Gasteiger charge is 2.75. The molecule has 3 atom stereocenters. The van der Waals surface area contributed by atoms with Gasteiger partial charge in [-0.2, -0.15) is 0 Å². The number of hydrogen-bond acceptors (Lipinski definition) is 4. The van der Waals surface area contributed by atoms with Crippen LogP contribution in [0.15, 0.2) is 53.4 Å². The number of carboxylic acid groups (broad SMARTS) is 1. The zero-order valence-electron chi connectivity index (χ0n) is 13.4. The monoisotopic (exact) mass is 364 g/mol. The standard InChI is InChI=1S/C18H17FO5S/c1-11-2-8-14(9-3-11)25(23,24)16-15(18(16,10-20)17(21)22)12-4-6-13(19)7-5-12/h2-9,15-16,20H,10H2,1H3,(H,21,22)/t15-,16-,18-/m1/s1. The summed E-state index contributed by atoms with van der Waals surface area (Å²) in [5.74, 6) is -2.83. The molecule has 1 saturated carbocycles. The molecule has 132 valence electrons. The van der Waals surface area contributed by atoms with Crippen molar-refractivity contribution >= 4 is 15.8 Å². The van der Waals surface area contributed by atoms with Crippen LogP contribution in [0.2, 0.25) is 0 Å². The molecule has 0 saturated heterocycles. The lowest BCUT2D eigenvalue weighted by molar-refractivity contribution is -0.145. The van der Waals surface area contributed by atoms with Gasteiger partial charge >= 0.3 is 5.97 Å². The number of aliphatic carboxylic acids is 1. The molecule has 0 unspecified atom stereocenters. The molecule has 2 aromatic rings.